The smallest absolute Gasteiger partial charge is 0.100 e. The van der Waals surface area contributed by atoms with E-state index >= 15 is 0 Å². The first-order chi connectivity index (χ1) is 11.2. The third-order valence-electron chi connectivity index (χ3n) is 3.88. The average molecular weight is 320 g/mol. The van der Waals surface area contributed by atoms with Crippen molar-refractivity contribution in [3.63, 3.8) is 0 Å². The molecule has 1 aromatic heterocycles. The molecule has 1 aliphatic heterocycles. The van der Waals surface area contributed by atoms with Gasteiger partial charge in [-0.1, -0.05) is 36.4 Å². The van der Waals surface area contributed by atoms with Crippen LogP contribution in [0.1, 0.15) is 0 Å². The summed E-state index contributed by atoms with van der Waals surface area (Å²) in [4.78, 5) is 4.09. The minimum Gasteiger partial charge on any atom is -0.341 e. The van der Waals surface area contributed by atoms with Crippen LogP contribution >= 0.6 is 11.6 Å². The Balaban J connectivity index is 1.90. The van der Waals surface area contributed by atoms with E-state index in [1.165, 1.54) is 0 Å². The maximum atomic E-state index is 6.52. The van der Waals surface area contributed by atoms with Crippen molar-refractivity contribution in [1.82, 2.24) is 4.98 Å². The summed E-state index contributed by atoms with van der Waals surface area (Å²) < 4.78 is 0. The monoisotopic (exact) mass is 319 g/mol. The summed E-state index contributed by atoms with van der Waals surface area (Å²) in [6, 6.07) is 16.1. The highest BCUT2D eigenvalue weighted by Gasteiger charge is 2.16. The van der Waals surface area contributed by atoms with E-state index in [9.17, 15) is 0 Å². The number of nitrogens with zero attached hydrogens (tertiary/aromatic N) is 1. The van der Waals surface area contributed by atoms with Crippen LogP contribution < -0.4 is 10.6 Å². The molecule has 2 aromatic carbocycles. The number of pyridine rings is 1. The number of nitrogens with one attached hydrogen (secondary N) is 2. The molecule has 0 spiro atoms. The molecule has 0 amide bonds. The molecule has 0 saturated heterocycles. The predicted octanol–water partition coefficient (Wildman–Crippen LogP) is 5.38. The second kappa shape index (κ2) is 5.45. The van der Waals surface area contributed by atoms with Gasteiger partial charge in [-0.3, -0.25) is 4.98 Å². The molecule has 112 valence electrons. The summed E-state index contributed by atoms with van der Waals surface area (Å²) in [6.45, 7) is 3.90. The van der Waals surface area contributed by atoms with Crippen molar-refractivity contribution in [2.75, 3.05) is 10.6 Å². The first-order valence-electron chi connectivity index (χ1n) is 7.29. The van der Waals surface area contributed by atoms with Crippen LogP contribution in [0.4, 0.5) is 11.4 Å². The Morgan fingerprint density at radius 2 is 1.65 bits per heavy atom. The van der Waals surface area contributed by atoms with Crippen molar-refractivity contribution in [3.05, 3.63) is 78.3 Å². The summed E-state index contributed by atoms with van der Waals surface area (Å²) in [5, 5.41) is 7.14. The van der Waals surface area contributed by atoms with Crippen LogP contribution in [0.2, 0.25) is 5.02 Å². The number of anilines is 2. The highest BCUT2D eigenvalue weighted by Crippen LogP contribution is 2.41. The van der Waals surface area contributed by atoms with Gasteiger partial charge >= 0.3 is 0 Å². The van der Waals surface area contributed by atoms with E-state index < -0.39 is 0 Å². The van der Waals surface area contributed by atoms with E-state index in [4.69, 9.17) is 11.6 Å². The van der Waals surface area contributed by atoms with Gasteiger partial charge in [0.25, 0.3) is 0 Å². The third-order valence-corrected chi connectivity index (χ3v) is 4.20. The zero-order valence-corrected chi connectivity index (χ0v) is 13.1. The minimum absolute atomic E-state index is 0.726. The van der Waals surface area contributed by atoms with Crippen LogP contribution in [0.15, 0.2) is 73.3 Å². The predicted molar refractivity (Wildman–Crippen MR) is 96.5 cm³/mol. The van der Waals surface area contributed by atoms with Crippen LogP contribution in [0.5, 0.6) is 0 Å². The van der Waals surface area contributed by atoms with Crippen LogP contribution in [-0.2, 0) is 0 Å². The molecule has 4 heteroatoms. The van der Waals surface area contributed by atoms with Crippen LogP contribution in [-0.4, -0.2) is 4.98 Å². The van der Waals surface area contributed by atoms with Crippen LogP contribution in [0, 0.1) is 0 Å². The second-order valence-corrected chi connectivity index (χ2v) is 5.79. The number of hydrogen-bond donors (Lipinski definition) is 2. The first kappa shape index (κ1) is 13.9. The Morgan fingerprint density at radius 3 is 2.48 bits per heavy atom. The summed E-state index contributed by atoms with van der Waals surface area (Å²) in [7, 11) is 0. The normalized spacial score (nSPS) is 12.5. The molecule has 0 fully saturated rings. The standard InChI is InChI=1S/C19H14ClN3/c1-12-22-17-6-5-14(11-18(17)23-12)19-15(3-2-4-16(19)20)13-7-9-21-10-8-13/h2-11,22-23H,1H2. The number of aromatic nitrogens is 1. The Kier molecular flexibility index (Phi) is 3.28. The maximum absolute atomic E-state index is 6.52. The van der Waals surface area contributed by atoms with Crippen LogP contribution in [0.3, 0.4) is 0 Å². The van der Waals surface area contributed by atoms with Crippen molar-refractivity contribution >= 4 is 23.0 Å². The van der Waals surface area contributed by atoms with Crippen molar-refractivity contribution < 1.29 is 0 Å². The molecule has 3 aromatic rings. The molecule has 0 bridgehead atoms. The van der Waals surface area contributed by atoms with Gasteiger partial charge in [0, 0.05) is 23.0 Å². The quantitative estimate of drug-likeness (QED) is 0.666. The first-order valence-corrected chi connectivity index (χ1v) is 7.66. The molecule has 4 rings (SSSR count). The lowest BCUT2D eigenvalue weighted by Crippen LogP contribution is -1.94. The van der Waals surface area contributed by atoms with E-state index in [0.29, 0.717) is 0 Å². The Hall–Kier alpha value is -2.78. The number of halogens is 1. The molecule has 23 heavy (non-hydrogen) atoms. The van der Waals surface area contributed by atoms with Crippen LogP contribution in [0.25, 0.3) is 22.3 Å². The lowest BCUT2D eigenvalue weighted by atomic mass is 9.94. The van der Waals surface area contributed by atoms with Crippen molar-refractivity contribution in [1.29, 1.82) is 0 Å². The van der Waals surface area contributed by atoms with E-state index in [1.54, 1.807) is 12.4 Å². The molecular weight excluding hydrogens is 306 g/mol. The molecule has 0 saturated carbocycles. The van der Waals surface area contributed by atoms with Crippen molar-refractivity contribution in [2.24, 2.45) is 0 Å². The zero-order chi connectivity index (χ0) is 15.8. The molecule has 0 unspecified atom stereocenters. The molecule has 2 heterocycles. The second-order valence-electron chi connectivity index (χ2n) is 5.39. The van der Waals surface area contributed by atoms with Gasteiger partial charge in [0.1, 0.15) is 5.82 Å². The largest absolute Gasteiger partial charge is 0.341 e. The molecule has 0 atom stereocenters. The van der Waals surface area contributed by atoms with E-state index in [1.807, 2.05) is 30.3 Å². The average Bonchev–Trinajstić information content (AvgIpc) is 2.94. The number of benzene rings is 2. The lowest BCUT2D eigenvalue weighted by Gasteiger charge is -2.13. The Morgan fingerprint density at radius 1 is 0.870 bits per heavy atom. The summed E-state index contributed by atoms with van der Waals surface area (Å²) in [6.07, 6.45) is 3.58. The van der Waals surface area contributed by atoms with Gasteiger partial charge < -0.3 is 10.6 Å². The lowest BCUT2D eigenvalue weighted by molar-refractivity contribution is 1.33. The number of hydrogen-bond acceptors (Lipinski definition) is 3. The zero-order valence-electron chi connectivity index (χ0n) is 12.3. The van der Waals surface area contributed by atoms with Gasteiger partial charge in [0.15, 0.2) is 0 Å². The van der Waals surface area contributed by atoms with Gasteiger partial charge in [0.05, 0.1) is 11.4 Å². The fourth-order valence-electron chi connectivity index (χ4n) is 2.86. The van der Waals surface area contributed by atoms with E-state index in [2.05, 4.69) is 40.4 Å². The van der Waals surface area contributed by atoms with E-state index in [-0.39, 0.29) is 0 Å². The van der Waals surface area contributed by atoms with Crippen molar-refractivity contribution in [2.45, 2.75) is 0 Å². The van der Waals surface area contributed by atoms with Gasteiger partial charge in [-0.2, -0.15) is 0 Å². The third kappa shape index (κ3) is 2.45. The van der Waals surface area contributed by atoms with Gasteiger partial charge in [-0.15, -0.1) is 0 Å². The van der Waals surface area contributed by atoms with E-state index in [0.717, 1.165) is 44.5 Å². The molecule has 0 aliphatic carbocycles. The minimum atomic E-state index is 0.726. The molecular formula is C19H14ClN3. The van der Waals surface area contributed by atoms with Gasteiger partial charge in [-0.25, -0.2) is 0 Å². The molecule has 1 aliphatic rings. The van der Waals surface area contributed by atoms with Crippen molar-refractivity contribution in [3.8, 4) is 22.3 Å². The highest BCUT2D eigenvalue weighted by atomic mass is 35.5. The number of rotatable bonds is 2. The summed E-state index contributed by atoms with van der Waals surface area (Å²) in [5.74, 6) is 0.783. The fraction of sp³-hybridized carbons (Fsp3) is 0. The maximum Gasteiger partial charge on any atom is 0.100 e. The summed E-state index contributed by atoms with van der Waals surface area (Å²) in [5.41, 5.74) is 6.29. The topological polar surface area (TPSA) is 37.0 Å². The SMILES string of the molecule is C=C1Nc2ccc(-c3c(Cl)cccc3-c3ccncc3)cc2N1. The molecule has 0 radical (unpaired) electrons. The molecule has 2 N–H and O–H groups in total. The van der Waals surface area contributed by atoms with Gasteiger partial charge in [-0.05, 0) is 47.0 Å². The Bertz CT molecular complexity index is 904. The number of fused-ring (bicyclic) bond motifs is 1. The van der Waals surface area contributed by atoms with Gasteiger partial charge in [0.2, 0.25) is 0 Å². The fourth-order valence-corrected chi connectivity index (χ4v) is 3.14. The molecule has 3 nitrogen and oxygen atoms in total. The highest BCUT2D eigenvalue weighted by molar-refractivity contribution is 6.34. The summed E-state index contributed by atoms with van der Waals surface area (Å²) >= 11 is 6.52. The Labute approximate surface area is 139 Å².